The lowest BCUT2D eigenvalue weighted by Gasteiger charge is -2.46. The number of nitrogens with zero attached hydrogens (tertiary/aromatic N) is 1. The van der Waals surface area contributed by atoms with E-state index in [0.29, 0.717) is 26.0 Å². The van der Waals surface area contributed by atoms with Crippen LogP contribution in [-0.4, -0.2) is 43.0 Å². The van der Waals surface area contributed by atoms with Gasteiger partial charge >= 0.3 is 0 Å². The van der Waals surface area contributed by atoms with Crippen molar-refractivity contribution >= 4 is 11.8 Å². The number of carbonyl (C=O) groups is 2. The molecule has 1 heterocycles. The molecule has 1 aliphatic heterocycles. The summed E-state index contributed by atoms with van der Waals surface area (Å²) < 4.78 is 5.05. The lowest BCUT2D eigenvalue weighted by atomic mass is 9.80. The van der Waals surface area contributed by atoms with Crippen molar-refractivity contribution in [3.8, 4) is 0 Å². The molecule has 5 nitrogen and oxygen atoms in total. The maximum absolute atomic E-state index is 12.9. The molecule has 1 aliphatic carbocycles. The van der Waals surface area contributed by atoms with Crippen LogP contribution < -0.4 is 5.32 Å². The summed E-state index contributed by atoms with van der Waals surface area (Å²) in [4.78, 5) is 27.8. The molecule has 5 heteroatoms. The van der Waals surface area contributed by atoms with Crippen LogP contribution in [0.3, 0.4) is 0 Å². The van der Waals surface area contributed by atoms with E-state index in [9.17, 15) is 9.59 Å². The second-order valence-electron chi connectivity index (χ2n) is 7.38. The third kappa shape index (κ3) is 4.26. The Hall–Kier alpha value is -1.88. The molecule has 1 saturated carbocycles. The van der Waals surface area contributed by atoms with Crippen LogP contribution in [0.5, 0.6) is 0 Å². The van der Waals surface area contributed by atoms with E-state index in [0.717, 1.165) is 18.4 Å². The van der Waals surface area contributed by atoms with Gasteiger partial charge in [0.2, 0.25) is 11.8 Å². The first-order valence-corrected chi connectivity index (χ1v) is 9.85. The van der Waals surface area contributed by atoms with E-state index in [2.05, 4.69) is 22.3 Å². The van der Waals surface area contributed by atoms with Crippen molar-refractivity contribution < 1.29 is 14.3 Å². The van der Waals surface area contributed by atoms with E-state index < -0.39 is 0 Å². The third-order valence-electron chi connectivity index (χ3n) is 5.69. The standard InChI is InChI=1S/C21H30N2O3/c1-26-15-14-22-21(25)18-12-13-19(24)23(17-10-6-3-7-11-17)20(18)16-8-4-2-5-9-16/h2,4-5,8-9,17-18,20H,3,6-7,10-15H2,1H3,(H,22,25)/t18-,20+/m0/s1. The molecular weight excluding hydrogens is 328 g/mol. The van der Waals surface area contributed by atoms with E-state index in [1.54, 1.807) is 7.11 Å². The molecule has 0 spiro atoms. The first kappa shape index (κ1) is 18.9. The molecule has 2 aliphatic rings. The molecule has 2 fully saturated rings. The minimum absolute atomic E-state index is 0.0317. The van der Waals surface area contributed by atoms with Crippen molar-refractivity contribution in [2.24, 2.45) is 5.92 Å². The van der Waals surface area contributed by atoms with E-state index in [4.69, 9.17) is 4.74 Å². The summed E-state index contributed by atoms with van der Waals surface area (Å²) in [6, 6.07) is 10.2. The van der Waals surface area contributed by atoms with Gasteiger partial charge in [-0.1, -0.05) is 49.6 Å². The molecule has 142 valence electrons. The summed E-state index contributed by atoms with van der Waals surface area (Å²) in [6.07, 6.45) is 6.75. The highest BCUT2D eigenvalue weighted by Gasteiger charge is 2.43. The molecule has 1 saturated heterocycles. The highest BCUT2D eigenvalue weighted by Crippen LogP contribution is 2.41. The molecule has 0 radical (unpaired) electrons. The number of benzene rings is 1. The molecular formula is C21H30N2O3. The van der Waals surface area contributed by atoms with Crippen LogP contribution >= 0.6 is 0 Å². The Bertz CT molecular complexity index is 599. The van der Waals surface area contributed by atoms with Gasteiger partial charge in [-0.05, 0) is 24.8 Å². The summed E-state index contributed by atoms with van der Waals surface area (Å²) in [6.45, 7) is 1.00. The number of piperidine rings is 1. The van der Waals surface area contributed by atoms with E-state index >= 15 is 0 Å². The molecule has 1 N–H and O–H groups in total. The number of nitrogens with one attached hydrogen (secondary N) is 1. The van der Waals surface area contributed by atoms with E-state index in [1.165, 1.54) is 19.3 Å². The molecule has 0 aromatic heterocycles. The maximum Gasteiger partial charge on any atom is 0.225 e. The van der Waals surface area contributed by atoms with Crippen molar-refractivity contribution in [1.82, 2.24) is 10.2 Å². The number of hydrogen-bond acceptors (Lipinski definition) is 3. The van der Waals surface area contributed by atoms with Crippen LogP contribution in [0.25, 0.3) is 0 Å². The normalized spacial score (nSPS) is 24.5. The molecule has 1 aromatic carbocycles. The summed E-state index contributed by atoms with van der Waals surface area (Å²) in [5.74, 6) is 0.0322. The van der Waals surface area contributed by atoms with Gasteiger partial charge in [0.15, 0.2) is 0 Å². The number of carbonyl (C=O) groups excluding carboxylic acids is 2. The number of amides is 2. The molecule has 0 unspecified atom stereocenters. The largest absolute Gasteiger partial charge is 0.383 e. The van der Waals surface area contributed by atoms with Gasteiger partial charge in [0, 0.05) is 26.1 Å². The van der Waals surface area contributed by atoms with Gasteiger partial charge in [0.1, 0.15) is 0 Å². The fourth-order valence-electron chi connectivity index (χ4n) is 4.43. The Kier molecular flexibility index (Phi) is 6.67. The summed E-state index contributed by atoms with van der Waals surface area (Å²) >= 11 is 0. The summed E-state index contributed by atoms with van der Waals surface area (Å²) in [7, 11) is 1.63. The van der Waals surface area contributed by atoms with Gasteiger partial charge in [0.05, 0.1) is 18.6 Å². The predicted octanol–water partition coefficient (Wildman–Crippen LogP) is 3.06. The topological polar surface area (TPSA) is 58.6 Å². The van der Waals surface area contributed by atoms with Crippen LogP contribution in [-0.2, 0) is 14.3 Å². The second-order valence-corrected chi connectivity index (χ2v) is 7.38. The third-order valence-corrected chi connectivity index (χ3v) is 5.69. The minimum Gasteiger partial charge on any atom is -0.383 e. The monoisotopic (exact) mass is 358 g/mol. The molecule has 2 atom stereocenters. The highest BCUT2D eigenvalue weighted by atomic mass is 16.5. The zero-order valence-electron chi connectivity index (χ0n) is 15.7. The fourth-order valence-corrected chi connectivity index (χ4v) is 4.43. The van der Waals surface area contributed by atoms with Gasteiger partial charge in [-0.2, -0.15) is 0 Å². The van der Waals surface area contributed by atoms with Crippen LogP contribution in [0.15, 0.2) is 30.3 Å². The Balaban J connectivity index is 1.87. The number of rotatable bonds is 6. The van der Waals surface area contributed by atoms with E-state index in [1.807, 2.05) is 18.2 Å². The van der Waals surface area contributed by atoms with E-state index in [-0.39, 0.29) is 29.8 Å². The molecule has 1 aromatic rings. The Morgan fingerprint density at radius 3 is 2.58 bits per heavy atom. The lowest BCUT2D eigenvalue weighted by Crippen LogP contribution is -2.52. The maximum atomic E-state index is 12.9. The Morgan fingerprint density at radius 1 is 1.15 bits per heavy atom. The van der Waals surface area contributed by atoms with Crippen molar-refractivity contribution in [2.75, 3.05) is 20.3 Å². The van der Waals surface area contributed by atoms with Crippen LogP contribution in [0.4, 0.5) is 0 Å². The van der Waals surface area contributed by atoms with Crippen LogP contribution in [0, 0.1) is 5.92 Å². The van der Waals surface area contributed by atoms with Crippen molar-refractivity contribution in [2.45, 2.75) is 57.0 Å². The zero-order valence-corrected chi connectivity index (χ0v) is 15.7. The van der Waals surface area contributed by atoms with Gasteiger partial charge in [-0.3, -0.25) is 9.59 Å². The number of methoxy groups -OCH3 is 1. The Labute approximate surface area is 156 Å². The van der Waals surface area contributed by atoms with Crippen molar-refractivity contribution in [1.29, 1.82) is 0 Å². The quantitative estimate of drug-likeness (QED) is 0.795. The highest BCUT2D eigenvalue weighted by molar-refractivity contribution is 5.85. The summed E-state index contributed by atoms with van der Waals surface area (Å²) in [5, 5.41) is 2.99. The number of ether oxygens (including phenoxy) is 1. The molecule has 3 rings (SSSR count). The first-order valence-electron chi connectivity index (χ1n) is 9.85. The Morgan fingerprint density at radius 2 is 1.88 bits per heavy atom. The molecule has 0 bridgehead atoms. The van der Waals surface area contributed by atoms with Gasteiger partial charge in [-0.25, -0.2) is 0 Å². The first-order chi connectivity index (χ1) is 12.7. The van der Waals surface area contributed by atoms with Crippen molar-refractivity contribution in [3.05, 3.63) is 35.9 Å². The predicted molar refractivity (Wildman–Crippen MR) is 101 cm³/mol. The molecule has 26 heavy (non-hydrogen) atoms. The smallest absolute Gasteiger partial charge is 0.225 e. The summed E-state index contributed by atoms with van der Waals surface area (Å²) in [5.41, 5.74) is 1.07. The molecule has 2 amide bonds. The SMILES string of the molecule is COCCNC(=O)[C@H]1CCC(=O)N(C2CCCCC2)[C@@H]1c1ccccc1. The van der Waals surface area contributed by atoms with Gasteiger partial charge in [0.25, 0.3) is 0 Å². The van der Waals surface area contributed by atoms with Gasteiger partial charge in [-0.15, -0.1) is 0 Å². The number of likely N-dealkylation sites (tertiary alicyclic amines) is 1. The van der Waals surface area contributed by atoms with Crippen LogP contribution in [0.1, 0.15) is 56.6 Å². The average Bonchev–Trinajstić information content (AvgIpc) is 2.69. The number of hydrogen-bond donors (Lipinski definition) is 1. The van der Waals surface area contributed by atoms with Crippen molar-refractivity contribution in [3.63, 3.8) is 0 Å². The second kappa shape index (κ2) is 9.17. The fraction of sp³-hybridized carbons (Fsp3) is 0.619. The van der Waals surface area contributed by atoms with Crippen LogP contribution in [0.2, 0.25) is 0 Å². The lowest BCUT2D eigenvalue weighted by molar-refractivity contribution is -0.147. The van der Waals surface area contributed by atoms with Gasteiger partial charge < -0.3 is 15.0 Å². The minimum atomic E-state index is -0.200. The zero-order chi connectivity index (χ0) is 18.4. The average molecular weight is 358 g/mol.